The number of nitrogens with one attached hydrogen (secondary N) is 1. The minimum atomic E-state index is 0.0525. The van der Waals surface area contributed by atoms with Crippen molar-refractivity contribution in [1.82, 2.24) is 29.5 Å². The molecule has 0 radical (unpaired) electrons. The molecule has 1 fully saturated rings. The highest BCUT2D eigenvalue weighted by atomic mass is 16.2. The predicted octanol–water partition coefficient (Wildman–Crippen LogP) is 0.761. The van der Waals surface area contributed by atoms with Crippen molar-refractivity contribution in [3.63, 3.8) is 0 Å². The Hall–Kier alpha value is -2.15. The predicted molar refractivity (Wildman–Crippen MR) is 85.1 cm³/mol. The zero-order valence-electron chi connectivity index (χ0n) is 13.6. The molecule has 0 bridgehead atoms. The van der Waals surface area contributed by atoms with E-state index in [0.29, 0.717) is 12.2 Å². The van der Waals surface area contributed by atoms with E-state index in [1.54, 1.807) is 0 Å². The largest absolute Gasteiger partial charge is 0.337 e. The Kier molecular flexibility index (Phi) is 3.45. The van der Waals surface area contributed by atoms with Gasteiger partial charge in [-0.1, -0.05) is 0 Å². The zero-order valence-corrected chi connectivity index (χ0v) is 13.6. The molecule has 1 saturated heterocycles. The van der Waals surface area contributed by atoms with Gasteiger partial charge in [0.15, 0.2) is 5.69 Å². The molecule has 1 atom stereocenters. The van der Waals surface area contributed by atoms with Crippen molar-refractivity contribution >= 4 is 5.91 Å². The number of piperazine rings is 1. The first kappa shape index (κ1) is 14.4. The summed E-state index contributed by atoms with van der Waals surface area (Å²) < 4.78 is 2.03. The molecule has 2 aromatic rings. The normalized spacial score (nSPS) is 21.7. The fourth-order valence-corrected chi connectivity index (χ4v) is 3.68. The Labute approximate surface area is 135 Å². The van der Waals surface area contributed by atoms with E-state index in [2.05, 4.69) is 27.1 Å². The van der Waals surface area contributed by atoms with Gasteiger partial charge in [-0.3, -0.25) is 14.8 Å². The number of carbonyl (C=O) groups is 1. The molecule has 1 aliphatic carbocycles. The van der Waals surface area contributed by atoms with Crippen LogP contribution in [0.1, 0.15) is 40.0 Å². The molecule has 2 aliphatic rings. The van der Waals surface area contributed by atoms with Crippen LogP contribution in [0.25, 0.3) is 0 Å². The van der Waals surface area contributed by atoms with Crippen molar-refractivity contribution in [3.8, 4) is 0 Å². The number of hydrogen-bond acceptors (Lipinski definition) is 4. The lowest BCUT2D eigenvalue weighted by Crippen LogP contribution is -2.49. The average Bonchev–Trinajstić information content (AvgIpc) is 3.23. The lowest BCUT2D eigenvalue weighted by atomic mass is 10.1. The van der Waals surface area contributed by atoms with Gasteiger partial charge >= 0.3 is 0 Å². The summed E-state index contributed by atoms with van der Waals surface area (Å²) >= 11 is 0. The fraction of sp³-hybridized carbons (Fsp3) is 0.562. The van der Waals surface area contributed by atoms with Gasteiger partial charge in [-0.2, -0.15) is 5.10 Å². The van der Waals surface area contributed by atoms with Crippen LogP contribution in [-0.4, -0.2) is 62.1 Å². The summed E-state index contributed by atoms with van der Waals surface area (Å²) in [5.74, 6) is 1.05. The van der Waals surface area contributed by atoms with Crippen molar-refractivity contribution in [2.75, 3.05) is 26.7 Å². The maximum Gasteiger partial charge on any atom is 0.274 e. The molecular weight excluding hydrogens is 292 g/mol. The number of aryl methyl sites for hydroxylation is 2. The van der Waals surface area contributed by atoms with Gasteiger partial charge in [-0.15, -0.1) is 0 Å². The first-order valence-corrected chi connectivity index (χ1v) is 8.18. The van der Waals surface area contributed by atoms with Crippen molar-refractivity contribution < 1.29 is 4.79 Å². The molecule has 0 saturated carbocycles. The summed E-state index contributed by atoms with van der Waals surface area (Å²) in [7, 11) is 4.09. The molecule has 1 amide bonds. The maximum absolute atomic E-state index is 12.9. The van der Waals surface area contributed by atoms with Gasteiger partial charge < -0.3 is 9.47 Å². The Morgan fingerprint density at radius 1 is 1.30 bits per heavy atom. The second-order valence-electron chi connectivity index (χ2n) is 6.53. The number of imidazole rings is 1. The van der Waals surface area contributed by atoms with Crippen molar-refractivity contribution in [1.29, 1.82) is 0 Å². The highest BCUT2D eigenvalue weighted by Gasteiger charge is 2.33. The van der Waals surface area contributed by atoms with Crippen LogP contribution in [0.4, 0.5) is 0 Å². The van der Waals surface area contributed by atoms with E-state index in [0.717, 1.165) is 49.4 Å². The molecule has 1 N–H and O–H groups in total. The Morgan fingerprint density at radius 2 is 2.17 bits per heavy atom. The molecule has 7 heteroatoms. The lowest BCUT2D eigenvalue weighted by molar-refractivity contribution is 0.0522. The summed E-state index contributed by atoms with van der Waals surface area (Å²) in [5, 5.41) is 7.33. The number of likely N-dealkylation sites (N-methyl/N-ethyl adjacent to an activating group) is 1. The number of carbonyl (C=O) groups excluding carboxylic acids is 1. The fourth-order valence-electron chi connectivity index (χ4n) is 3.68. The Morgan fingerprint density at radius 3 is 2.96 bits per heavy atom. The molecular formula is C16H22N6O. The lowest BCUT2D eigenvalue weighted by Gasteiger charge is -2.38. The SMILES string of the molecule is CN1CCN(C(=O)c2n[nH]c3c2CCC3)CC1c1nccn1C. The van der Waals surface area contributed by atoms with E-state index < -0.39 is 0 Å². The highest BCUT2D eigenvalue weighted by molar-refractivity contribution is 5.94. The number of amides is 1. The number of aromatic amines is 1. The third-order valence-electron chi connectivity index (χ3n) is 5.10. The molecule has 0 spiro atoms. The smallest absolute Gasteiger partial charge is 0.274 e. The van der Waals surface area contributed by atoms with Gasteiger partial charge in [0.05, 0.1) is 6.04 Å². The third kappa shape index (κ3) is 2.35. The Bertz CT molecular complexity index is 733. The third-order valence-corrected chi connectivity index (χ3v) is 5.10. The Balaban J connectivity index is 1.57. The van der Waals surface area contributed by atoms with E-state index >= 15 is 0 Å². The van der Waals surface area contributed by atoms with Crippen LogP contribution in [0.2, 0.25) is 0 Å². The van der Waals surface area contributed by atoms with E-state index in [4.69, 9.17) is 0 Å². The van der Waals surface area contributed by atoms with Gasteiger partial charge in [0.25, 0.3) is 5.91 Å². The van der Waals surface area contributed by atoms with Crippen molar-refractivity contribution in [2.45, 2.75) is 25.3 Å². The quantitative estimate of drug-likeness (QED) is 0.888. The van der Waals surface area contributed by atoms with Gasteiger partial charge in [0, 0.05) is 50.3 Å². The molecule has 1 unspecified atom stereocenters. The highest BCUT2D eigenvalue weighted by Crippen LogP contribution is 2.27. The number of rotatable bonds is 2. The van der Waals surface area contributed by atoms with E-state index in [1.807, 2.05) is 28.9 Å². The van der Waals surface area contributed by atoms with E-state index in [1.165, 1.54) is 0 Å². The molecule has 0 aromatic carbocycles. The molecule has 2 aromatic heterocycles. The van der Waals surface area contributed by atoms with Crippen LogP contribution in [-0.2, 0) is 19.9 Å². The molecule has 122 valence electrons. The monoisotopic (exact) mass is 314 g/mol. The van der Waals surface area contributed by atoms with Crippen LogP contribution in [0.5, 0.6) is 0 Å². The summed E-state index contributed by atoms with van der Waals surface area (Å²) in [6, 6.07) is 0.125. The van der Waals surface area contributed by atoms with Crippen LogP contribution < -0.4 is 0 Å². The summed E-state index contributed by atoms with van der Waals surface area (Å²) in [6.45, 7) is 2.23. The molecule has 7 nitrogen and oxygen atoms in total. The number of aromatic nitrogens is 4. The number of H-pyrrole nitrogens is 1. The zero-order chi connectivity index (χ0) is 16.0. The standard InChI is InChI=1S/C16H22N6O/c1-20-8-9-22(10-13(20)15-17-6-7-21(15)2)16(23)14-11-4-3-5-12(11)18-19-14/h6-7,13H,3-5,8-10H2,1-2H3,(H,18,19). The van der Waals surface area contributed by atoms with Gasteiger partial charge in [0.1, 0.15) is 5.82 Å². The van der Waals surface area contributed by atoms with Gasteiger partial charge in [-0.25, -0.2) is 4.98 Å². The molecule has 1 aliphatic heterocycles. The summed E-state index contributed by atoms with van der Waals surface area (Å²) in [4.78, 5) is 21.6. The van der Waals surface area contributed by atoms with E-state index in [-0.39, 0.29) is 11.9 Å². The second-order valence-corrected chi connectivity index (χ2v) is 6.53. The number of hydrogen-bond donors (Lipinski definition) is 1. The summed E-state index contributed by atoms with van der Waals surface area (Å²) in [5.41, 5.74) is 2.89. The minimum Gasteiger partial charge on any atom is -0.337 e. The van der Waals surface area contributed by atoms with Gasteiger partial charge in [-0.05, 0) is 26.3 Å². The van der Waals surface area contributed by atoms with Gasteiger partial charge in [0.2, 0.25) is 0 Å². The van der Waals surface area contributed by atoms with Crippen LogP contribution in [0.15, 0.2) is 12.4 Å². The minimum absolute atomic E-state index is 0.0525. The van der Waals surface area contributed by atoms with Crippen molar-refractivity contribution in [2.24, 2.45) is 7.05 Å². The van der Waals surface area contributed by atoms with Crippen LogP contribution >= 0.6 is 0 Å². The first-order chi connectivity index (χ1) is 11.1. The molecule has 4 rings (SSSR count). The second kappa shape index (κ2) is 5.49. The maximum atomic E-state index is 12.9. The topological polar surface area (TPSA) is 70.1 Å². The summed E-state index contributed by atoms with van der Waals surface area (Å²) in [6.07, 6.45) is 6.84. The van der Waals surface area contributed by atoms with Crippen LogP contribution in [0.3, 0.4) is 0 Å². The van der Waals surface area contributed by atoms with Crippen LogP contribution in [0, 0.1) is 0 Å². The molecule has 3 heterocycles. The molecule has 23 heavy (non-hydrogen) atoms. The number of fused-ring (bicyclic) bond motifs is 1. The van der Waals surface area contributed by atoms with E-state index in [9.17, 15) is 4.79 Å². The average molecular weight is 314 g/mol. The van der Waals surface area contributed by atoms with Crippen molar-refractivity contribution in [3.05, 3.63) is 35.2 Å². The first-order valence-electron chi connectivity index (χ1n) is 8.18. The number of nitrogens with zero attached hydrogens (tertiary/aromatic N) is 5.